The Hall–Kier alpha value is 1.90. The summed E-state index contributed by atoms with van der Waals surface area (Å²) < 4.78 is 27.2. The Morgan fingerprint density at radius 1 is 1.43 bits per heavy atom. The van der Waals surface area contributed by atoms with Crippen LogP contribution in [0.2, 0.25) is 0 Å². The van der Waals surface area contributed by atoms with Crippen molar-refractivity contribution in [2.24, 2.45) is 0 Å². The molecule has 0 aromatic rings. The van der Waals surface area contributed by atoms with Crippen molar-refractivity contribution in [3.8, 4) is 0 Å². The van der Waals surface area contributed by atoms with Crippen LogP contribution in [0.5, 0.6) is 0 Å². The fourth-order valence-corrected chi connectivity index (χ4v) is 0. The van der Waals surface area contributed by atoms with Crippen molar-refractivity contribution in [1.29, 1.82) is 0 Å². The zero-order valence-electron chi connectivity index (χ0n) is 4.13. The molecule has 0 unspecified atom stereocenters. The average molecular weight is 168 g/mol. The molecule has 0 aromatic heterocycles. The molecule has 0 bridgehead atoms. The third-order valence-corrected chi connectivity index (χ3v) is 0. The summed E-state index contributed by atoms with van der Waals surface area (Å²) in [4.78, 5) is 0. The van der Waals surface area contributed by atoms with E-state index in [2.05, 4.69) is 0 Å². The summed E-state index contributed by atoms with van der Waals surface area (Å²) in [7, 11) is -3.92. The van der Waals surface area contributed by atoms with Gasteiger partial charge in [0.25, 0.3) is 0 Å². The van der Waals surface area contributed by atoms with E-state index in [0.29, 0.717) is 6.26 Å². The maximum atomic E-state index is 9.08. The quantitative estimate of drug-likeness (QED) is 0.276. The van der Waals surface area contributed by atoms with Gasteiger partial charge in [0.2, 0.25) is 0 Å². The summed E-state index contributed by atoms with van der Waals surface area (Å²) in [6.07, 6.45) is 0.604. The second-order valence-corrected chi connectivity index (χ2v) is 2.11. The molecule has 0 spiro atoms. The SMILES string of the molecule is CS(=O)(=O)[O-].S.[K+]. The molecule has 40 valence electrons. The topological polar surface area (TPSA) is 57.2 Å². The van der Waals surface area contributed by atoms with E-state index in [4.69, 9.17) is 13.0 Å². The van der Waals surface area contributed by atoms with E-state index in [9.17, 15) is 0 Å². The third-order valence-electron chi connectivity index (χ3n) is 0. The summed E-state index contributed by atoms with van der Waals surface area (Å²) in [6, 6.07) is 0. The molecule has 0 heterocycles. The van der Waals surface area contributed by atoms with Gasteiger partial charge in [0.05, 0.1) is 10.1 Å². The molecule has 6 heteroatoms. The normalized spacial score (nSPS) is 8.29. The predicted octanol–water partition coefficient (Wildman–Crippen LogP) is -3.72. The molecular formula is CH5KO3S2. The van der Waals surface area contributed by atoms with Gasteiger partial charge in [0.15, 0.2) is 0 Å². The van der Waals surface area contributed by atoms with Crippen LogP contribution in [0.4, 0.5) is 0 Å². The molecule has 0 rings (SSSR count). The summed E-state index contributed by atoms with van der Waals surface area (Å²) >= 11 is 0. The average Bonchev–Trinajstić information content (AvgIpc) is 0.722. The molecule has 0 amide bonds. The van der Waals surface area contributed by atoms with E-state index in [1.807, 2.05) is 0 Å². The summed E-state index contributed by atoms with van der Waals surface area (Å²) in [6.45, 7) is 0. The first-order valence-corrected chi connectivity index (χ1v) is 2.72. The molecule has 0 aliphatic carbocycles. The first kappa shape index (κ1) is 16.0. The Balaban J connectivity index is -0.0000000800. The fraction of sp³-hybridized carbons (Fsp3) is 1.00. The molecule has 0 saturated carbocycles. The van der Waals surface area contributed by atoms with E-state index in [0.717, 1.165) is 0 Å². The Morgan fingerprint density at radius 3 is 1.43 bits per heavy atom. The Bertz CT molecular complexity index is 96.1. The minimum Gasteiger partial charge on any atom is -0.748 e. The molecule has 3 nitrogen and oxygen atoms in total. The van der Waals surface area contributed by atoms with Crippen LogP contribution >= 0.6 is 13.5 Å². The van der Waals surface area contributed by atoms with Crippen molar-refractivity contribution in [1.82, 2.24) is 0 Å². The monoisotopic (exact) mass is 168 g/mol. The van der Waals surface area contributed by atoms with Gasteiger partial charge in [-0.2, -0.15) is 13.5 Å². The summed E-state index contributed by atoms with van der Waals surface area (Å²) in [5.41, 5.74) is 0. The number of hydrogen-bond donors (Lipinski definition) is 0. The first-order valence-electron chi connectivity index (χ1n) is 0.908. The van der Waals surface area contributed by atoms with Gasteiger partial charge in [-0.3, -0.25) is 0 Å². The van der Waals surface area contributed by atoms with Gasteiger partial charge in [0.1, 0.15) is 0 Å². The molecular weight excluding hydrogens is 163 g/mol. The molecule has 0 N–H and O–H groups in total. The van der Waals surface area contributed by atoms with Crippen molar-refractivity contribution in [2.45, 2.75) is 0 Å². The van der Waals surface area contributed by atoms with E-state index >= 15 is 0 Å². The van der Waals surface area contributed by atoms with Gasteiger partial charge in [-0.25, -0.2) is 8.42 Å². The first-order chi connectivity index (χ1) is 2.00. The van der Waals surface area contributed by atoms with Crippen LogP contribution < -0.4 is 51.4 Å². The van der Waals surface area contributed by atoms with Gasteiger partial charge in [0, 0.05) is 6.26 Å². The minimum atomic E-state index is -3.92. The van der Waals surface area contributed by atoms with Gasteiger partial charge in [-0.15, -0.1) is 0 Å². The zero-order chi connectivity index (χ0) is 4.50. The number of hydrogen-bond acceptors (Lipinski definition) is 3. The summed E-state index contributed by atoms with van der Waals surface area (Å²) in [5.74, 6) is 0. The summed E-state index contributed by atoms with van der Waals surface area (Å²) in [5, 5.41) is 0. The Labute approximate surface area is 92.5 Å². The standard InChI is InChI=1S/CH4O3S.K.H2S/c1-5(2,3)4;;/h1H3,(H,2,3,4);;1H2/q;+1;/p-1. The van der Waals surface area contributed by atoms with Crippen LogP contribution in [-0.2, 0) is 10.1 Å². The minimum absolute atomic E-state index is 0. The maximum Gasteiger partial charge on any atom is 1.00 e. The molecule has 0 saturated heterocycles. The molecule has 0 radical (unpaired) electrons. The Morgan fingerprint density at radius 2 is 1.43 bits per heavy atom. The number of rotatable bonds is 0. The van der Waals surface area contributed by atoms with Crippen molar-refractivity contribution < 1.29 is 64.4 Å². The molecule has 0 atom stereocenters. The second-order valence-electron chi connectivity index (χ2n) is 0.704. The Kier molecular flexibility index (Phi) is 13.7. The molecule has 0 fully saturated rings. The van der Waals surface area contributed by atoms with Crippen LogP contribution in [0.25, 0.3) is 0 Å². The van der Waals surface area contributed by atoms with Crippen molar-refractivity contribution in [2.75, 3.05) is 6.26 Å². The van der Waals surface area contributed by atoms with Gasteiger partial charge >= 0.3 is 51.4 Å². The van der Waals surface area contributed by atoms with Crippen LogP contribution in [0.15, 0.2) is 0 Å². The van der Waals surface area contributed by atoms with Gasteiger partial charge in [-0.1, -0.05) is 0 Å². The van der Waals surface area contributed by atoms with Crippen molar-refractivity contribution >= 4 is 23.6 Å². The zero-order valence-corrected chi connectivity index (χ0v) is 9.07. The predicted molar refractivity (Wildman–Crippen MR) is 26.0 cm³/mol. The van der Waals surface area contributed by atoms with E-state index < -0.39 is 10.1 Å². The van der Waals surface area contributed by atoms with Crippen molar-refractivity contribution in [3.63, 3.8) is 0 Å². The third kappa shape index (κ3) is 76.3. The van der Waals surface area contributed by atoms with Crippen LogP contribution in [0.3, 0.4) is 0 Å². The molecule has 0 aliphatic heterocycles. The maximum absolute atomic E-state index is 9.08. The van der Waals surface area contributed by atoms with Crippen LogP contribution in [-0.4, -0.2) is 19.2 Å². The van der Waals surface area contributed by atoms with Crippen LogP contribution in [0, 0.1) is 0 Å². The van der Waals surface area contributed by atoms with Crippen molar-refractivity contribution in [3.05, 3.63) is 0 Å². The van der Waals surface area contributed by atoms with Crippen LogP contribution in [0.1, 0.15) is 0 Å². The fourth-order valence-electron chi connectivity index (χ4n) is 0. The van der Waals surface area contributed by atoms with E-state index in [-0.39, 0.29) is 64.9 Å². The molecule has 0 aromatic carbocycles. The second kappa shape index (κ2) is 6.02. The van der Waals surface area contributed by atoms with E-state index in [1.54, 1.807) is 0 Å². The molecule has 0 aliphatic rings. The smallest absolute Gasteiger partial charge is 0.748 e. The van der Waals surface area contributed by atoms with Gasteiger partial charge in [-0.05, 0) is 0 Å². The molecule has 7 heavy (non-hydrogen) atoms. The van der Waals surface area contributed by atoms with Gasteiger partial charge < -0.3 is 4.55 Å². The van der Waals surface area contributed by atoms with E-state index in [1.165, 1.54) is 0 Å². The largest absolute Gasteiger partial charge is 1.00 e.